The van der Waals surface area contributed by atoms with E-state index in [1.165, 1.54) is 18.3 Å². The van der Waals surface area contributed by atoms with Crippen molar-refractivity contribution in [1.29, 1.82) is 0 Å². The van der Waals surface area contributed by atoms with Crippen molar-refractivity contribution in [2.45, 2.75) is 19.8 Å². The summed E-state index contributed by atoms with van der Waals surface area (Å²) in [6, 6.07) is 2.72. The van der Waals surface area contributed by atoms with Crippen LogP contribution in [0.4, 0.5) is 0 Å². The van der Waals surface area contributed by atoms with Crippen molar-refractivity contribution >= 4 is 11.9 Å². The molecule has 0 aromatic carbocycles. The molecule has 1 aromatic rings. The van der Waals surface area contributed by atoms with E-state index in [0.29, 0.717) is 19.8 Å². The minimum atomic E-state index is -1.16. The third kappa shape index (κ3) is 5.48. The number of carbonyl (C=O) groups excluding carboxylic acids is 1. The third-order valence-electron chi connectivity index (χ3n) is 2.42. The average molecular weight is 266 g/mol. The number of amides is 1. The van der Waals surface area contributed by atoms with Crippen molar-refractivity contribution < 1.29 is 19.4 Å². The molecule has 6 heteroatoms. The molecule has 0 unspecified atom stereocenters. The zero-order chi connectivity index (χ0) is 14.1. The normalized spacial score (nSPS) is 10.2. The highest BCUT2D eigenvalue weighted by Gasteiger charge is 2.09. The van der Waals surface area contributed by atoms with Gasteiger partial charge < -0.3 is 15.2 Å². The summed E-state index contributed by atoms with van der Waals surface area (Å²) in [5.41, 5.74) is 0.132. The van der Waals surface area contributed by atoms with Crippen LogP contribution in [0.25, 0.3) is 0 Å². The Morgan fingerprint density at radius 2 is 2.21 bits per heavy atom. The van der Waals surface area contributed by atoms with Gasteiger partial charge in [0.2, 0.25) is 0 Å². The number of rotatable bonds is 8. The van der Waals surface area contributed by atoms with Crippen molar-refractivity contribution in [2.24, 2.45) is 0 Å². The van der Waals surface area contributed by atoms with Crippen molar-refractivity contribution in [3.8, 4) is 0 Å². The number of nitrogens with zero attached hydrogens (tertiary/aromatic N) is 1. The standard InChI is InChI=1S/C13H18N2O4/c1-2-3-7-19-8-6-15-12(16)10-4-5-14-11(9-10)13(17)18/h4-5,9H,2-3,6-8H2,1H3,(H,15,16)(H,17,18). The molecule has 0 atom stereocenters. The molecular formula is C13H18N2O4. The molecule has 2 N–H and O–H groups in total. The summed E-state index contributed by atoms with van der Waals surface area (Å²) < 4.78 is 5.30. The van der Waals surface area contributed by atoms with E-state index in [0.717, 1.165) is 12.8 Å². The Balaban J connectivity index is 2.37. The number of nitrogens with one attached hydrogen (secondary N) is 1. The van der Waals surface area contributed by atoms with Gasteiger partial charge in [-0.2, -0.15) is 0 Å². The van der Waals surface area contributed by atoms with Gasteiger partial charge in [-0.25, -0.2) is 9.78 Å². The molecule has 0 bridgehead atoms. The Labute approximate surface area is 111 Å². The van der Waals surface area contributed by atoms with Gasteiger partial charge in [-0.1, -0.05) is 13.3 Å². The average Bonchev–Trinajstić information content (AvgIpc) is 2.42. The van der Waals surface area contributed by atoms with Gasteiger partial charge in [-0.15, -0.1) is 0 Å². The molecule has 1 aromatic heterocycles. The van der Waals surface area contributed by atoms with Gasteiger partial charge in [-0.05, 0) is 18.6 Å². The summed E-state index contributed by atoms with van der Waals surface area (Å²) in [7, 11) is 0. The Bertz CT molecular complexity index is 434. The fourth-order valence-electron chi connectivity index (χ4n) is 1.38. The first-order chi connectivity index (χ1) is 9.15. The van der Waals surface area contributed by atoms with Gasteiger partial charge >= 0.3 is 5.97 Å². The Morgan fingerprint density at radius 3 is 2.89 bits per heavy atom. The van der Waals surface area contributed by atoms with E-state index in [2.05, 4.69) is 17.2 Å². The highest BCUT2D eigenvalue weighted by Crippen LogP contribution is 2.01. The monoisotopic (exact) mass is 266 g/mol. The van der Waals surface area contributed by atoms with Crippen LogP contribution in [-0.4, -0.2) is 41.7 Å². The van der Waals surface area contributed by atoms with E-state index in [4.69, 9.17) is 9.84 Å². The van der Waals surface area contributed by atoms with E-state index in [-0.39, 0.29) is 17.2 Å². The molecule has 0 aliphatic heterocycles. The number of carbonyl (C=O) groups is 2. The lowest BCUT2D eigenvalue weighted by molar-refractivity contribution is 0.0690. The molecule has 0 aliphatic carbocycles. The van der Waals surface area contributed by atoms with Gasteiger partial charge in [0.25, 0.3) is 5.91 Å². The lowest BCUT2D eigenvalue weighted by Crippen LogP contribution is -2.27. The van der Waals surface area contributed by atoms with Crippen LogP contribution in [0.3, 0.4) is 0 Å². The summed E-state index contributed by atoms with van der Waals surface area (Å²) in [5.74, 6) is -1.48. The molecular weight excluding hydrogens is 248 g/mol. The first kappa shape index (κ1) is 15.1. The molecule has 1 heterocycles. The summed E-state index contributed by atoms with van der Waals surface area (Å²) in [6.07, 6.45) is 3.37. The number of ether oxygens (including phenoxy) is 1. The molecule has 0 fully saturated rings. The number of pyridine rings is 1. The molecule has 19 heavy (non-hydrogen) atoms. The van der Waals surface area contributed by atoms with E-state index < -0.39 is 5.97 Å². The summed E-state index contributed by atoms with van der Waals surface area (Å²) in [4.78, 5) is 26.1. The zero-order valence-corrected chi connectivity index (χ0v) is 10.9. The molecule has 0 radical (unpaired) electrons. The van der Waals surface area contributed by atoms with Crippen LogP contribution < -0.4 is 5.32 Å². The van der Waals surface area contributed by atoms with Crippen LogP contribution in [0, 0.1) is 0 Å². The second-order valence-corrected chi connectivity index (χ2v) is 3.96. The predicted octanol–water partition coefficient (Wildman–Crippen LogP) is 1.33. The molecule has 0 spiro atoms. The minimum absolute atomic E-state index is 0.146. The Kier molecular flexibility index (Phi) is 6.52. The first-order valence-electron chi connectivity index (χ1n) is 6.20. The molecule has 0 saturated heterocycles. The number of hydrogen-bond acceptors (Lipinski definition) is 4. The largest absolute Gasteiger partial charge is 0.477 e. The number of carboxylic acids is 1. The first-order valence-corrected chi connectivity index (χ1v) is 6.20. The Hall–Kier alpha value is -1.95. The van der Waals surface area contributed by atoms with Gasteiger partial charge in [0.05, 0.1) is 6.61 Å². The molecule has 0 aliphatic rings. The minimum Gasteiger partial charge on any atom is -0.477 e. The van der Waals surface area contributed by atoms with E-state index >= 15 is 0 Å². The van der Waals surface area contributed by atoms with Gasteiger partial charge in [0.15, 0.2) is 0 Å². The number of hydrogen-bond donors (Lipinski definition) is 2. The second kappa shape index (κ2) is 8.20. The second-order valence-electron chi connectivity index (χ2n) is 3.96. The zero-order valence-electron chi connectivity index (χ0n) is 10.9. The maximum atomic E-state index is 11.7. The number of unbranched alkanes of at least 4 members (excludes halogenated alkanes) is 1. The van der Waals surface area contributed by atoms with Gasteiger partial charge in [0, 0.05) is 24.9 Å². The predicted molar refractivity (Wildman–Crippen MR) is 69.3 cm³/mol. The summed E-state index contributed by atoms with van der Waals surface area (Å²) >= 11 is 0. The smallest absolute Gasteiger partial charge is 0.354 e. The fraction of sp³-hybridized carbons (Fsp3) is 0.462. The fourth-order valence-corrected chi connectivity index (χ4v) is 1.38. The van der Waals surface area contributed by atoms with Crippen molar-refractivity contribution in [3.05, 3.63) is 29.6 Å². The lowest BCUT2D eigenvalue weighted by Gasteiger charge is -2.06. The van der Waals surface area contributed by atoms with Crippen molar-refractivity contribution in [2.75, 3.05) is 19.8 Å². The van der Waals surface area contributed by atoms with Crippen LogP contribution in [0.2, 0.25) is 0 Å². The summed E-state index contributed by atoms with van der Waals surface area (Å²) in [5, 5.41) is 11.4. The van der Waals surface area contributed by atoms with Gasteiger partial charge in [-0.3, -0.25) is 4.79 Å². The lowest BCUT2D eigenvalue weighted by atomic mass is 10.2. The van der Waals surface area contributed by atoms with Crippen molar-refractivity contribution in [3.63, 3.8) is 0 Å². The maximum Gasteiger partial charge on any atom is 0.354 e. The van der Waals surface area contributed by atoms with E-state index in [1.54, 1.807) is 0 Å². The molecule has 0 saturated carbocycles. The summed E-state index contributed by atoms with van der Waals surface area (Å²) in [6.45, 7) is 3.61. The molecule has 6 nitrogen and oxygen atoms in total. The number of aromatic carboxylic acids is 1. The van der Waals surface area contributed by atoms with Crippen LogP contribution in [0.5, 0.6) is 0 Å². The SMILES string of the molecule is CCCCOCCNC(=O)c1ccnc(C(=O)O)c1. The number of carboxylic acid groups (broad SMARTS) is 1. The molecule has 1 amide bonds. The maximum absolute atomic E-state index is 11.7. The van der Waals surface area contributed by atoms with Crippen LogP contribution >= 0.6 is 0 Å². The van der Waals surface area contributed by atoms with E-state index in [9.17, 15) is 9.59 Å². The number of aromatic nitrogens is 1. The highest BCUT2D eigenvalue weighted by molar-refractivity contribution is 5.96. The van der Waals surface area contributed by atoms with Crippen molar-refractivity contribution in [1.82, 2.24) is 10.3 Å². The van der Waals surface area contributed by atoms with Gasteiger partial charge in [0.1, 0.15) is 5.69 Å². The van der Waals surface area contributed by atoms with Crippen LogP contribution in [0.15, 0.2) is 18.3 Å². The quantitative estimate of drug-likeness (QED) is 0.693. The topological polar surface area (TPSA) is 88.5 Å². The van der Waals surface area contributed by atoms with Crippen LogP contribution in [-0.2, 0) is 4.74 Å². The van der Waals surface area contributed by atoms with E-state index in [1.807, 2.05) is 0 Å². The molecule has 1 rings (SSSR count). The highest BCUT2D eigenvalue weighted by atomic mass is 16.5. The molecule has 104 valence electrons. The van der Waals surface area contributed by atoms with Crippen LogP contribution in [0.1, 0.15) is 40.6 Å². The Morgan fingerprint density at radius 1 is 1.42 bits per heavy atom. The third-order valence-corrected chi connectivity index (χ3v) is 2.42.